The molecule has 1 aromatic rings. The van der Waals surface area contributed by atoms with Crippen molar-refractivity contribution in [2.75, 3.05) is 25.9 Å². The number of carbonyl (C=O) groups excluding carboxylic acids is 2. The summed E-state index contributed by atoms with van der Waals surface area (Å²) in [6.07, 6.45) is 3.10. The molecule has 0 unspecified atom stereocenters. The zero-order valence-corrected chi connectivity index (χ0v) is 16.8. The summed E-state index contributed by atoms with van der Waals surface area (Å²) in [7, 11) is -3.31. The van der Waals surface area contributed by atoms with Crippen LogP contribution in [0.1, 0.15) is 24.8 Å². The summed E-state index contributed by atoms with van der Waals surface area (Å²) in [6, 6.07) is 6.93. The fourth-order valence-corrected chi connectivity index (χ4v) is 4.80. The number of hydrogen-bond donors (Lipinski definition) is 1. The molecule has 27 heavy (non-hydrogen) atoms. The summed E-state index contributed by atoms with van der Waals surface area (Å²) in [6.45, 7) is 0.978. The average Bonchev–Trinajstić information content (AvgIpc) is 2.97. The number of rotatable bonds is 5. The molecule has 2 amide bonds. The Morgan fingerprint density at radius 3 is 2.63 bits per heavy atom. The van der Waals surface area contributed by atoms with Gasteiger partial charge < -0.3 is 10.2 Å². The summed E-state index contributed by atoms with van der Waals surface area (Å²) < 4.78 is 25.2. The normalized spacial score (nSPS) is 23.8. The lowest BCUT2D eigenvalue weighted by molar-refractivity contribution is -0.138. The second-order valence-corrected chi connectivity index (χ2v) is 9.64. The SMILES string of the molecule is CS(=O)(=O)N1C[C@H]2CCCC(=O)N(CC(=O)NCc3ccc(Cl)cc3)[C@H]2C1. The molecule has 2 atom stereocenters. The zero-order valence-electron chi connectivity index (χ0n) is 15.2. The topological polar surface area (TPSA) is 86.8 Å². The molecule has 2 saturated heterocycles. The molecule has 2 aliphatic heterocycles. The number of likely N-dealkylation sites (tertiary alicyclic amines) is 1. The minimum atomic E-state index is -3.31. The summed E-state index contributed by atoms with van der Waals surface area (Å²) in [5.41, 5.74) is 0.914. The van der Waals surface area contributed by atoms with Gasteiger partial charge in [-0.15, -0.1) is 0 Å². The molecule has 148 valence electrons. The predicted octanol–water partition coefficient (Wildman–Crippen LogP) is 1.23. The fourth-order valence-electron chi connectivity index (χ4n) is 3.79. The van der Waals surface area contributed by atoms with Crippen molar-refractivity contribution in [2.24, 2.45) is 5.92 Å². The molecule has 3 rings (SSSR count). The second-order valence-electron chi connectivity index (χ2n) is 7.22. The zero-order chi connectivity index (χ0) is 19.6. The smallest absolute Gasteiger partial charge is 0.239 e. The molecule has 9 heteroatoms. The van der Waals surface area contributed by atoms with Crippen LogP contribution in [0.15, 0.2) is 24.3 Å². The van der Waals surface area contributed by atoms with Gasteiger partial charge in [0, 0.05) is 31.1 Å². The van der Waals surface area contributed by atoms with Gasteiger partial charge in [-0.1, -0.05) is 23.7 Å². The van der Waals surface area contributed by atoms with Crippen molar-refractivity contribution in [1.82, 2.24) is 14.5 Å². The Bertz CT molecular complexity index is 812. The van der Waals surface area contributed by atoms with Crippen molar-refractivity contribution in [3.63, 3.8) is 0 Å². The second kappa shape index (κ2) is 8.16. The van der Waals surface area contributed by atoms with E-state index in [-0.39, 0.29) is 36.9 Å². The van der Waals surface area contributed by atoms with Crippen LogP contribution in [0.3, 0.4) is 0 Å². The van der Waals surface area contributed by atoms with E-state index >= 15 is 0 Å². The van der Waals surface area contributed by atoms with Crippen molar-refractivity contribution in [2.45, 2.75) is 31.8 Å². The number of sulfonamides is 1. The van der Waals surface area contributed by atoms with Crippen molar-refractivity contribution in [3.8, 4) is 0 Å². The maximum absolute atomic E-state index is 12.5. The van der Waals surface area contributed by atoms with E-state index in [9.17, 15) is 18.0 Å². The number of fused-ring (bicyclic) bond motifs is 1. The third-order valence-electron chi connectivity index (χ3n) is 5.25. The molecule has 7 nitrogen and oxygen atoms in total. The molecule has 0 bridgehead atoms. The summed E-state index contributed by atoms with van der Waals surface area (Å²) in [4.78, 5) is 26.5. The minimum absolute atomic E-state index is 0.0504. The van der Waals surface area contributed by atoms with E-state index < -0.39 is 10.0 Å². The van der Waals surface area contributed by atoms with E-state index in [1.807, 2.05) is 12.1 Å². The Kier molecular flexibility index (Phi) is 6.08. The first-order chi connectivity index (χ1) is 12.7. The highest BCUT2D eigenvalue weighted by Crippen LogP contribution is 2.31. The Hall–Kier alpha value is -1.64. The molecule has 0 spiro atoms. The molecule has 0 saturated carbocycles. The number of carbonyl (C=O) groups is 2. The maximum atomic E-state index is 12.5. The Balaban J connectivity index is 1.64. The van der Waals surface area contributed by atoms with Crippen LogP contribution in [0.4, 0.5) is 0 Å². The van der Waals surface area contributed by atoms with Gasteiger partial charge in [-0.3, -0.25) is 9.59 Å². The number of nitrogens with one attached hydrogen (secondary N) is 1. The molecule has 0 aromatic heterocycles. The molecule has 2 fully saturated rings. The predicted molar refractivity (Wildman–Crippen MR) is 103 cm³/mol. The first-order valence-corrected chi connectivity index (χ1v) is 11.2. The van der Waals surface area contributed by atoms with Crippen molar-refractivity contribution in [1.29, 1.82) is 0 Å². The highest BCUT2D eigenvalue weighted by atomic mass is 35.5. The van der Waals surface area contributed by atoms with Crippen LogP contribution in [-0.4, -0.2) is 61.4 Å². The first-order valence-electron chi connectivity index (χ1n) is 9.00. The Morgan fingerprint density at radius 1 is 1.26 bits per heavy atom. The standard InChI is InChI=1S/C18H24ClN3O4S/c1-27(25,26)21-10-14-3-2-4-18(24)22(16(14)11-21)12-17(23)20-9-13-5-7-15(19)8-6-13/h5-8,14,16H,2-4,9-12H2,1H3,(H,20,23)/t14-,16+/m1/s1. The van der Waals surface area contributed by atoms with Crippen LogP contribution in [0, 0.1) is 5.92 Å². The molecular formula is C18H24ClN3O4S. The molecule has 1 N–H and O–H groups in total. The van der Waals surface area contributed by atoms with E-state index in [4.69, 9.17) is 11.6 Å². The van der Waals surface area contributed by atoms with Crippen LogP contribution in [0.25, 0.3) is 0 Å². The summed E-state index contributed by atoms with van der Waals surface area (Å²) >= 11 is 5.85. The van der Waals surface area contributed by atoms with Gasteiger partial charge in [0.2, 0.25) is 21.8 Å². The number of benzene rings is 1. The number of nitrogens with zero attached hydrogens (tertiary/aromatic N) is 2. The number of halogens is 1. The molecular weight excluding hydrogens is 390 g/mol. The molecule has 0 aliphatic carbocycles. The van der Waals surface area contributed by atoms with Gasteiger partial charge in [0.15, 0.2) is 0 Å². The van der Waals surface area contributed by atoms with Gasteiger partial charge in [0.25, 0.3) is 0 Å². The molecule has 0 radical (unpaired) electrons. The largest absolute Gasteiger partial charge is 0.350 e. The molecule has 1 aromatic carbocycles. The Labute approximate surface area is 164 Å². The van der Waals surface area contributed by atoms with Gasteiger partial charge in [-0.25, -0.2) is 8.42 Å². The van der Waals surface area contributed by atoms with Crippen molar-refractivity contribution >= 4 is 33.4 Å². The van der Waals surface area contributed by atoms with E-state index in [2.05, 4.69) is 5.32 Å². The highest BCUT2D eigenvalue weighted by molar-refractivity contribution is 7.88. The molecule has 2 heterocycles. The van der Waals surface area contributed by atoms with Crippen LogP contribution in [0.5, 0.6) is 0 Å². The van der Waals surface area contributed by atoms with Gasteiger partial charge >= 0.3 is 0 Å². The monoisotopic (exact) mass is 413 g/mol. The van der Waals surface area contributed by atoms with Crippen LogP contribution < -0.4 is 5.32 Å². The summed E-state index contributed by atoms with van der Waals surface area (Å²) in [5, 5.41) is 3.45. The van der Waals surface area contributed by atoms with Crippen molar-refractivity contribution in [3.05, 3.63) is 34.9 Å². The maximum Gasteiger partial charge on any atom is 0.239 e. The van der Waals surface area contributed by atoms with Gasteiger partial charge in [0.1, 0.15) is 0 Å². The Morgan fingerprint density at radius 2 is 1.96 bits per heavy atom. The van der Waals surface area contributed by atoms with E-state index in [0.29, 0.717) is 24.5 Å². The fraction of sp³-hybridized carbons (Fsp3) is 0.556. The summed E-state index contributed by atoms with van der Waals surface area (Å²) in [5.74, 6) is -0.258. The van der Waals surface area contributed by atoms with Crippen LogP contribution in [0.2, 0.25) is 5.02 Å². The average molecular weight is 414 g/mol. The quantitative estimate of drug-likeness (QED) is 0.786. The van der Waals surface area contributed by atoms with E-state index in [1.54, 1.807) is 17.0 Å². The van der Waals surface area contributed by atoms with E-state index in [0.717, 1.165) is 18.4 Å². The lowest BCUT2D eigenvalue weighted by atomic mass is 9.98. The first kappa shape index (κ1) is 20.1. The third kappa shape index (κ3) is 5.00. The van der Waals surface area contributed by atoms with Crippen molar-refractivity contribution < 1.29 is 18.0 Å². The van der Waals surface area contributed by atoms with Gasteiger partial charge in [-0.05, 0) is 36.5 Å². The minimum Gasteiger partial charge on any atom is -0.350 e. The third-order valence-corrected chi connectivity index (χ3v) is 6.73. The van der Waals surface area contributed by atoms with Crippen LogP contribution in [-0.2, 0) is 26.2 Å². The van der Waals surface area contributed by atoms with Crippen LogP contribution >= 0.6 is 11.6 Å². The highest BCUT2D eigenvalue weighted by Gasteiger charge is 2.43. The lowest BCUT2D eigenvalue weighted by Crippen LogP contribution is -2.48. The number of hydrogen-bond acceptors (Lipinski definition) is 4. The lowest BCUT2D eigenvalue weighted by Gasteiger charge is -2.29. The molecule has 2 aliphatic rings. The van der Waals surface area contributed by atoms with Gasteiger partial charge in [0.05, 0.1) is 18.8 Å². The van der Waals surface area contributed by atoms with Gasteiger partial charge in [-0.2, -0.15) is 4.31 Å². The van der Waals surface area contributed by atoms with E-state index in [1.165, 1.54) is 10.6 Å². The number of amides is 2.